The summed E-state index contributed by atoms with van der Waals surface area (Å²) in [7, 11) is 13.0. The normalized spacial score (nSPS) is 10.4. The van der Waals surface area contributed by atoms with Crippen LogP contribution in [0.4, 0.5) is 28.4 Å². The Morgan fingerprint density at radius 3 is 1.57 bits per heavy atom. The summed E-state index contributed by atoms with van der Waals surface area (Å²) in [5, 5.41) is 16.9. The number of ether oxygens (including phenoxy) is 2. The molecule has 0 bridgehead atoms. The molecule has 0 atom stereocenters. The zero-order chi connectivity index (χ0) is 21.8. The third-order valence-electron chi connectivity index (χ3n) is 3.68. The van der Waals surface area contributed by atoms with E-state index in [-0.39, 0.29) is 0 Å². The number of hydrogen-bond acceptors (Lipinski definition) is 7. The number of benzene rings is 3. The van der Waals surface area contributed by atoms with E-state index >= 15 is 0 Å². The van der Waals surface area contributed by atoms with Crippen molar-refractivity contribution in [3.8, 4) is 11.5 Å². The second kappa shape index (κ2) is 12.9. The van der Waals surface area contributed by atoms with Gasteiger partial charge in [0.1, 0.15) is 22.9 Å². The molecule has 0 spiro atoms. The first-order valence-corrected chi connectivity index (χ1v) is 16.5. The Hall–Kier alpha value is -2.54. The molecule has 3 rings (SSSR count). The van der Waals surface area contributed by atoms with E-state index in [2.05, 4.69) is 20.5 Å². The summed E-state index contributed by atoms with van der Waals surface area (Å²) in [6.07, 6.45) is 0. The van der Waals surface area contributed by atoms with Crippen LogP contribution in [0.3, 0.4) is 0 Å². The van der Waals surface area contributed by atoms with Gasteiger partial charge < -0.3 is 15.2 Å². The summed E-state index contributed by atoms with van der Waals surface area (Å²) in [6, 6.07) is 19.9. The summed E-state index contributed by atoms with van der Waals surface area (Å²) in [4.78, 5) is 0. The van der Waals surface area contributed by atoms with E-state index in [0.717, 1.165) is 5.69 Å². The molecule has 2 N–H and O–H groups in total. The second-order valence-corrected chi connectivity index (χ2v) is 10.2. The average Bonchev–Trinajstić information content (AvgIpc) is 2.78. The quantitative estimate of drug-likeness (QED) is 0.217. The molecule has 0 saturated carbocycles. The van der Waals surface area contributed by atoms with Crippen molar-refractivity contribution in [3.05, 3.63) is 66.7 Å². The molecule has 0 fully saturated rings. The molecular formula is C20H19Cl2N5O2Zn. The Morgan fingerprint density at radius 1 is 0.700 bits per heavy atom. The standard InChI is InChI=1S/C20H19N5O2.2ClH.Zn/c1-26-19-13-18(25-23-16-10-8-14(21)9-11-16)20(27-2)12-17(19)24-22-15-6-4-3-5-7-15;;;/h3-13H,21H2,1-2H3;2*1H;/q;;;+2/p-2. The molecule has 0 amide bonds. The van der Waals surface area contributed by atoms with Crippen LogP contribution >= 0.6 is 19.4 Å². The van der Waals surface area contributed by atoms with Gasteiger partial charge in [-0.25, -0.2) is 0 Å². The molecule has 152 valence electrons. The first kappa shape index (κ1) is 23.7. The van der Waals surface area contributed by atoms with Gasteiger partial charge in [-0.15, -0.1) is 10.2 Å². The number of nitrogen functional groups attached to an aromatic ring is 1. The molecule has 0 heterocycles. The van der Waals surface area contributed by atoms with Crippen LogP contribution in [0.25, 0.3) is 0 Å². The number of hydrogen-bond donors (Lipinski definition) is 1. The topological polar surface area (TPSA) is 93.9 Å². The Labute approximate surface area is 190 Å². The monoisotopic (exact) mass is 495 g/mol. The second-order valence-electron chi connectivity index (χ2n) is 5.62. The van der Waals surface area contributed by atoms with Crippen molar-refractivity contribution in [1.29, 1.82) is 0 Å². The molecule has 0 aliphatic heterocycles. The molecule has 10 heteroatoms. The summed E-state index contributed by atoms with van der Waals surface area (Å²) in [5.74, 6) is 1.03. The molecule has 30 heavy (non-hydrogen) atoms. The summed E-state index contributed by atoms with van der Waals surface area (Å²) in [5.41, 5.74) is 8.81. The van der Waals surface area contributed by atoms with Crippen LogP contribution in [-0.4, -0.2) is 14.2 Å². The van der Waals surface area contributed by atoms with Gasteiger partial charge >= 0.3 is 34.5 Å². The van der Waals surface area contributed by atoms with E-state index in [9.17, 15) is 0 Å². The molecular weight excluding hydrogens is 479 g/mol. The fourth-order valence-corrected chi connectivity index (χ4v) is 2.28. The minimum atomic E-state index is -0.931. The molecule has 0 saturated heterocycles. The Bertz CT molecular complexity index is 986. The third kappa shape index (κ3) is 7.37. The summed E-state index contributed by atoms with van der Waals surface area (Å²) >= 11 is -0.931. The van der Waals surface area contributed by atoms with Gasteiger partial charge in [-0.1, -0.05) is 18.2 Å². The van der Waals surface area contributed by atoms with Crippen LogP contribution in [0.1, 0.15) is 0 Å². The van der Waals surface area contributed by atoms with Crippen molar-refractivity contribution < 1.29 is 24.6 Å². The molecule has 0 unspecified atom stereocenters. The van der Waals surface area contributed by atoms with Crippen LogP contribution < -0.4 is 15.2 Å². The summed E-state index contributed by atoms with van der Waals surface area (Å²) in [6.45, 7) is 0. The van der Waals surface area contributed by atoms with Crippen LogP contribution in [0.15, 0.2) is 87.2 Å². The van der Waals surface area contributed by atoms with E-state index in [0.29, 0.717) is 34.2 Å². The van der Waals surface area contributed by atoms with E-state index in [1.54, 1.807) is 50.6 Å². The van der Waals surface area contributed by atoms with Gasteiger partial charge in [0, 0.05) is 17.8 Å². The fraction of sp³-hybridized carbons (Fsp3) is 0.100. The van der Waals surface area contributed by atoms with Crippen LogP contribution in [0.2, 0.25) is 0 Å². The van der Waals surface area contributed by atoms with Gasteiger partial charge in [-0.2, -0.15) is 10.2 Å². The number of azo groups is 2. The molecule has 0 aromatic heterocycles. The van der Waals surface area contributed by atoms with Crippen molar-refractivity contribution in [1.82, 2.24) is 0 Å². The first-order chi connectivity index (χ1) is 14.6. The Balaban J connectivity index is 0.00000101. The van der Waals surface area contributed by atoms with Gasteiger partial charge in [0.15, 0.2) is 0 Å². The number of rotatable bonds is 6. The maximum absolute atomic E-state index is 5.68. The number of nitrogens with two attached hydrogens (primary N) is 1. The van der Waals surface area contributed by atoms with Gasteiger partial charge in [0.2, 0.25) is 0 Å². The first-order valence-electron chi connectivity index (χ1n) is 8.73. The van der Waals surface area contributed by atoms with Gasteiger partial charge in [0.05, 0.1) is 25.6 Å². The van der Waals surface area contributed by atoms with E-state index < -0.39 is 15.1 Å². The minimum absolute atomic E-state index is 0.511. The maximum atomic E-state index is 5.68. The molecule has 0 aliphatic rings. The van der Waals surface area contributed by atoms with Crippen molar-refractivity contribution in [2.75, 3.05) is 20.0 Å². The number of anilines is 1. The zero-order valence-corrected chi connectivity index (χ0v) is 21.0. The number of methoxy groups -OCH3 is 2. The molecule has 3 aromatic carbocycles. The molecule has 0 radical (unpaired) electrons. The molecule has 7 nitrogen and oxygen atoms in total. The van der Waals surface area contributed by atoms with Gasteiger partial charge in [-0.05, 0) is 36.4 Å². The van der Waals surface area contributed by atoms with Gasteiger partial charge in [-0.3, -0.25) is 0 Å². The predicted molar refractivity (Wildman–Crippen MR) is 117 cm³/mol. The van der Waals surface area contributed by atoms with Crippen molar-refractivity contribution in [2.24, 2.45) is 20.5 Å². The molecule has 0 aliphatic carbocycles. The number of halogens is 2. The van der Waals surface area contributed by atoms with Crippen molar-refractivity contribution in [2.45, 2.75) is 0 Å². The zero-order valence-electron chi connectivity index (χ0n) is 16.5. The van der Waals surface area contributed by atoms with E-state index in [1.165, 1.54) is 0 Å². The van der Waals surface area contributed by atoms with Crippen molar-refractivity contribution in [3.63, 3.8) is 0 Å². The predicted octanol–water partition coefficient (Wildman–Crippen LogP) is 7.49. The van der Waals surface area contributed by atoms with E-state index in [1.807, 2.05) is 30.3 Å². The number of nitrogens with zero attached hydrogens (tertiary/aromatic N) is 4. The fourth-order valence-electron chi connectivity index (χ4n) is 2.28. The average molecular weight is 498 g/mol. The van der Waals surface area contributed by atoms with Crippen molar-refractivity contribution >= 4 is 47.8 Å². The SMILES string of the molecule is COc1cc(N=Nc2ccc(N)cc2)c(OC)cc1N=Nc1ccccc1.[Cl][Zn][Cl]. The third-order valence-corrected chi connectivity index (χ3v) is 3.68. The molecule has 3 aromatic rings. The van der Waals surface area contributed by atoms with Crippen LogP contribution in [0, 0.1) is 0 Å². The van der Waals surface area contributed by atoms with Crippen LogP contribution in [0.5, 0.6) is 11.5 Å². The van der Waals surface area contributed by atoms with E-state index in [4.69, 9.17) is 34.6 Å². The van der Waals surface area contributed by atoms with Gasteiger partial charge in [0.25, 0.3) is 0 Å². The van der Waals surface area contributed by atoms with Crippen LogP contribution in [-0.2, 0) is 15.1 Å². The summed E-state index contributed by atoms with van der Waals surface area (Å²) < 4.78 is 10.8. The Morgan fingerprint density at radius 2 is 1.13 bits per heavy atom. The Kier molecular flexibility index (Phi) is 10.2.